The molecule has 0 bridgehead atoms. The molecule has 0 saturated carbocycles. The molecule has 2 aromatic carbocycles. The third kappa shape index (κ3) is 4.64. The predicted molar refractivity (Wildman–Crippen MR) is 97.6 cm³/mol. The lowest BCUT2D eigenvalue weighted by Gasteiger charge is -2.13. The van der Waals surface area contributed by atoms with E-state index in [-0.39, 0.29) is 0 Å². The number of ether oxygens (including phenoxy) is 2. The number of fused-ring (bicyclic) bond motifs is 1. The lowest BCUT2D eigenvalue weighted by atomic mass is 10.1. The van der Waals surface area contributed by atoms with Gasteiger partial charge in [0.2, 0.25) is 0 Å². The van der Waals surface area contributed by atoms with Crippen molar-refractivity contribution in [3.8, 4) is 11.5 Å². The Hall–Kier alpha value is -1.22. The summed E-state index contributed by atoms with van der Waals surface area (Å²) >= 11 is 3.47. The number of unbranched alkanes of at least 4 members (excludes halogenated alkanes) is 3. The van der Waals surface area contributed by atoms with Gasteiger partial charge in [-0.15, -0.1) is 0 Å². The number of rotatable bonds is 9. The minimum absolute atomic E-state index is 0.677. The topological polar surface area (TPSA) is 18.5 Å². The van der Waals surface area contributed by atoms with Crippen molar-refractivity contribution in [1.82, 2.24) is 0 Å². The van der Waals surface area contributed by atoms with Crippen LogP contribution in [0.2, 0.25) is 0 Å². The fraction of sp³-hybridized carbons (Fsp3) is 0.474. The summed E-state index contributed by atoms with van der Waals surface area (Å²) in [6.45, 7) is 5.57. The molecule has 0 aliphatic carbocycles. The zero-order chi connectivity index (χ0) is 15.8. The van der Waals surface area contributed by atoms with E-state index in [1.807, 2.05) is 19.1 Å². The van der Waals surface area contributed by atoms with E-state index in [9.17, 15) is 0 Å². The summed E-state index contributed by atoms with van der Waals surface area (Å²) in [7, 11) is 0. The van der Waals surface area contributed by atoms with Gasteiger partial charge in [-0.1, -0.05) is 46.5 Å². The Morgan fingerprint density at radius 3 is 2.32 bits per heavy atom. The van der Waals surface area contributed by atoms with E-state index in [4.69, 9.17) is 9.47 Å². The summed E-state index contributed by atoms with van der Waals surface area (Å²) in [6, 6.07) is 10.5. The molecule has 2 aromatic rings. The van der Waals surface area contributed by atoms with Gasteiger partial charge in [0.1, 0.15) is 11.5 Å². The minimum atomic E-state index is 0.677. The second kappa shape index (κ2) is 9.04. The van der Waals surface area contributed by atoms with Crippen molar-refractivity contribution in [2.24, 2.45) is 0 Å². The third-order valence-corrected chi connectivity index (χ3v) is 4.24. The Morgan fingerprint density at radius 2 is 1.59 bits per heavy atom. The van der Waals surface area contributed by atoms with Crippen molar-refractivity contribution < 1.29 is 9.47 Å². The molecule has 0 radical (unpaired) electrons. The molecule has 0 heterocycles. The minimum Gasteiger partial charge on any atom is -0.493 e. The average molecular weight is 365 g/mol. The van der Waals surface area contributed by atoms with Gasteiger partial charge in [0.05, 0.1) is 13.2 Å². The second-order valence-corrected chi connectivity index (χ2v) is 6.29. The van der Waals surface area contributed by atoms with Crippen LogP contribution in [-0.2, 0) is 0 Å². The van der Waals surface area contributed by atoms with E-state index in [2.05, 4.69) is 41.1 Å². The van der Waals surface area contributed by atoms with Crippen LogP contribution < -0.4 is 9.47 Å². The van der Waals surface area contributed by atoms with Gasteiger partial charge in [0.25, 0.3) is 0 Å². The molecular weight excluding hydrogens is 340 g/mol. The fourth-order valence-corrected chi connectivity index (χ4v) is 2.94. The van der Waals surface area contributed by atoms with E-state index in [1.54, 1.807) is 0 Å². The first kappa shape index (κ1) is 17.1. The molecule has 0 fully saturated rings. The van der Waals surface area contributed by atoms with Crippen molar-refractivity contribution in [2.45, 2.75) is 39.5 Å². The molecule has 0 N–H and O–H groups in total. The smallest absolute Gasteiger partial charge is 0.127 e. The van der Waals surface area contributed by atoms with Gasteiger partial charge < -0.3 is 9.47 Å². The highest BCUT2D eigenvalue weighted by Gasteiger charge is 2.08. The van der Waals surface area contributed by atoms with Crippen molar-refractivity contribution in [3.05, 3.63) is 35.9 Å². The first-order valence-electron chi connectivity index (χ1n) is 8.11. The zero-order valence-corrected chi connectivity index (χ0v) is 15.1. The van der Waals surface area contributed by atoms with Crippen molar-refractivity contribution in [3.63, 3.8) is 0 Å². The zero-order valence-electron chi connectivity index (χ0n) is 13.5. The summed E-state index contributed by atoms with van der Waals surface area (Å²) in [5.41, 5.74) is 1.24. The van der Waals surface area contributed by atoms with Gasteiger partial charge in [-0.25, -0.2) is 0 Å². The summed E-state index contributed by atoms with van der Waals surface area (Å²) in [4.78, 5) is 0. The van der Waals surface area contributed by atoms with Gasteiger partial charge in [-0.05, 0) is 44.9 Å². The average Bonchev–Trinajstić information content (AvgIpc) is 2.52. The van der Waals surface area contributed by atoms with Crippen molar-refractivity contribution in [1.29, 1.82) is 0 Å². The van der Waals surface area contributed by atoms with Crippen LogP contribution >= 0.6 is 15.9 Å². The van der Waals surface area contributed by atoms with Crippen LogP contribution in [0.4, 0.5) is 0 Å². The lowest BCUT2D eigenvalue weighted by Crippen LogP contribution is -1.99. The van der Waals surface area contributed by atoms with Gasteiger partial charge in [-0.3, -0.25) is 0 Å². The number of aryl methyl sites for hydroxylation is 1. The Bertz CT molecular complexity index is 595. The molecule has 0 atom stereocenters. The van der Waals surface area contributed by atoms with Crippen LogP contribution in [0.3, 0.4) is 0 Å². The van der Waals surface area contributed by atoms with Crippen LogP contribution in [0, 0.1) is 6.92 Å². The van der Waals surface area contributed by atoms with E-state index >= 15 is 0 Å². The van der Waals surface area contributed by atoms with E-state index in [0.717, 1.165) is 40.6 Å². The molecule has 0 aliphatic rings. The Kier molecular flexibility index (Phi) is 7.04. The van der Waals surface area contributed by atoms with Crippen LogP contribution in [0.1, 0.15) is 38.2 Å². The maximum absolute atomic E-state index is 6.02. The molecule has 120 valence electrons. The van der Waals surface area contributed by atoms with Crippen LogP contribution in [0.15, 0.2) is 30.3 Å². The maximum atomic E-state index is 6.02. The van der Waals surface area contributed by atoms with E-state index in [1.165, 1.54) is 24.8 Å². The number of hydrogen-bond donors (Lipinski definition) is 0. The third-order valence-electron chi connectivity index (χ3n) is 3.68. The van der Waals surface area contributed by atoms with Gasteiger partial charge in [-0.2, -0.15) is 0 Å². The van der Waals surface area contributed by atoms with Gasteiger partial charge in [0, 0.05) is 16.1 Å². The van der Waals surface area contributed by atoms with E-state index < -0.39 is 0 Å². The highest BCUT2D eigenvalue weighted by atomic mass is 79.9. The number of benzene rings is 2. The quantitative estimate of drug-likeness (QED) is 0.408. The van der Waals surface area contributed by atoms with Crippen LogP contribution in [0.5, 0.6) is 11.5 Å². The summed E-state index contributed by atoms with van der Waals surface area (Å²) in [5.74, 6) is 1.89. The lowest BCUT2D eigenvalue weighted by molar-refractivity contribution is 0.307. The van der Waals surface area contributed by atoms with Crippen LogP contribution in [0.25, 0.3) is 10.8 Å². The van der Waals surface area contributed by atoms with Gasteiger partial charge >= 0.3 is 0 Å². The highest BCUT2D eigenvalue weighted by molar-refractivity contribution is 9.09. The summed E-state index contributed by atoms with van der Waals surface area (Å²) in [6.07, 6.45) is 4.83. The number of hydrogen-bond acceptors (Lipinski definition) is 2. The largest absolute Gasteiger partial charge is 0.493 e. The second-order valence-electron chi connectivity index (χ2n) is 5.50. The molecule has 2 nitrogen and oxygen atoms in total. The van der Waals surface area contributed by atoms with Crippen molar-refractivity contribution >= 4 is 26.7 Å². The molecular formula is C19H25BrO2. The first-order valence-corrected chi connectivity index (χ1v) is 9.23. The number of halogens is 1. The fourth-order valence-electron chi connectivity index (χ4n) is 2.55. The summed E-state index contributed by atoms with van der Waals surface area (Å²) < 4.78 is 11.7. The summed E-state index contributed by atoms with van der Waals surface area (Å²) in [5, 5.41) is 3.37. The first-order chi connectivity index (χ1) is 10.8. The molecule has 0 unspecified atom stereocenters. The van der Waals surface area contributed by atoms with Crippen LogP contribution in [-0.4, -0.2) is 18.5 Å². The molecule has 22 heavy (non-hydrogen) atoms. The SMILES string of the molecule is CCOc1ccc(OCCCCCCBr)c2cc(C)ccc12. The molecule has 2 rings (SSSR count). The van der Waals surface area contributed by atoms with Gasteiger partial charge in [0.15, 0.2) is 0 Å². The monoisotopic (exact) mass is 364 g/mol. The maximum Gasteiger partial charge on any atom is 0.127 e. The van der Waals surface area contributed by atoms with E-state index in [0.29, 0.717) is 6.61 Å². The molecule has 0 spiro atoms. The Morgan fingerprint density at radius 1 is 0.864 bits per heavy atom. The molecule has 0 amide bonds. The molecule has 3 heteroatoms. The standard InChI is InChI=1S/C19H25BrO2/c1-3-21-18-10-11-19(22-13-7-5-4-6-12-20)17-14-15(2)8-9-16(17)18/h8-11,14H,3-7,12-13H2,1-2H3. The molecule has 0 aromatic heterocycles. The molecule has 0 saturated heterocycles. The van der Waals surface area contributed by atoms with Crippen molar-refractivity contribution in [2.75, 3.05) is 18.5 Å². The Labute approximate surface area is 141 Å². The Balaban J connectivity index is 2.09. The normalized spacial score (nSPS) is 10.9. The predicted octanol–water partition coefficient (Wildman–Crippen LogP) is 5.88. The highest BCUT2D eigenvalue weighted by Crippen LogP contribution is 2.34. The number of alkyl halides is 1. The molecule has 0 aliphatic heterocycles.